The van der Waals surface area contributed by atoms with Gasteiger partial charge in [0.1, 0.15) is 5.70 Å². The number of carboxylic acid groups (broad SMARTS) is 1. The van der Waals surface area contributed by atoms with Crippen LogP contribution in [0.3, 0.4) is 0 Å². The zero-order valence-corrected chi connectivity index (χ0v) is 22.0. The summed E-state index contributed by atoms with van der Waals surface area (Å²) in [5.41, 5.74) is 10.8. The highest BCUT2D eigenvalue weighted by molar-refractivity contribution is 8.03. The summed E-state index contributed by atoms with van der Waals surface area (Å²) >= 11 is 1.48. The van der Waals surface area contributed by atoms with Crippen LogP contribution in [0.25, 0.3) is 0 Å². The molecule has 0 radical (unpaired) electrons. The van der Waals surface area contributed by atoms with E-state index >= 15 is 0 Å². The van der Waals surface area contributed by atoms with Gasteiger partial charge in [-0.05, 0) is 45.6 Å². The Morgan fingerprint density at radius 3 is 2.64 bits per heavy atom. The third kappa shape index (κ3) is 4.95. The Bertz CT molecular complexity index is 967. The van der Waals surface area contributed by atoms with E-state index in [0.29, 0.717) is 30.3 Å². The second kappa shape index (κ2) is 10.6. The Labute approximate surface area is 215 Å². The number of amides is 2. The van der Waals surface area contributed by atoms with Crippen molar-refractivity contribution in [1.29, 1.82) is 0 Å². The number of rotatable bonds is 9. The van der Waals surface area contributed by atoms with Crippen LogP contribution in [0.4, 0.5) is 0 Å². The highest BCUT2D eigenvalue weighted by atomic mass is 32.2. The third-order valence-corrected chi connectivity index (χ3v) is 9.56. The minimum Gasteiger partial charge on any atom is -0.477 e. The van der Waals surface area contributed by atoms with Crippen LogP contribution in [-0.4, -0.2) is 105 Å². The van der Waals surface area contributed by atoms with Crippen molar-refractivity contribution >= 4 is 35.5 Å². The van der Waals surface area contributed by atoms with Gasteiger partial charge in [-0.25, -0.2) is 4.79 Å². The molecule has 0 spiro atoms. The second-order valence-corrected chi connectivity index (χ2v) is 11.9. The number of likely N-dealkylation sites (N-methyl/N-ethyl adjacent to an activating group) is 1. The molecule has 4 aliphatic heterocycles. The summed E-state index contributed by atoms with van der Waals surface area (Å²) in [6, 6.07) is -0.562. The van der Waals surface area contributed by atoms with Gasteiger partial charge in [0.25, 0.3) is 0 Å². The lowest BCUT2D eigenvalue weighted by Gasteiger charge is -2.46. The number of carbonyl (C=O) groups is 3. The van der Waals surface area contributed by atoms with Gasteiger partial charge in [-0.1, -0.05) is 6.92 Å². The fourth-order valence-electron chi connectivity index (χ4n) is 6.25. The first-order valence-electron chi connectivity index (χ1n) is 12.7. The van der Waals surface area contributed by atoms with Gasteiger partial charge in [-0.15, -0.1) is 11.8 Å². The highest BCUT2D eigenvalue weighted by Crippen LogP contribution is 2.52. The van der Waals surface area contributed by atoms with Crippen LogP contribution < -0.4 is 11.5 Å². The summed E-state index contributed by atoms with van der Waals surface area (Å²) in [6.45, 7) is 6.26. The predicted octanol–water partition coefficient (Wildman–Crippen LogP) is -0.152. The number of aliphatic carboxylic acids is 1. The number of nitrogens with two attached hydrogens (primary N) is 2. The lowest BCUT2D eigenvalue weighted by Crippen LogP contribution is -2.63. The molecule has 0 bridgehead atoms. The average Bonchev–Trinajstić information content (AvgIpc) is 3.47. The number of carboxylic acids is 1. The number of aliphatic hydroxyl groups excluding tert-OH is 1. The third-order valence-electron chi connectivity index (χ3n) is 8.06. The van der Waals surface area contributed by atoms with Crippen molar-refractivity contribution in [1.82, 2.24) is 14.7 Å². The molecule has 4 rings (SSSR count). The van der Waals surface area contributed by atoms with Crippen molar-refractivity contribution < 1.29 is 24.6 Å². The molecule has 0 aromatic heterocycles. The molecular formula is C24H38N6O5S. The molecule has 3 fully saturated rings. The lowest BCUT2D eigenvalue weighted by molar-refractivity contribution is -0.163. The van der Waals surface area contributed by atoms with Crippen molar-refractivity contribution in [2.24, 2.45) is 34.2 Å². The van der Waals surface area contributed by atoms with E-state index in [1.165, 1.54) is 16.7 Å². The van der Waals surface area contributed by atoms with E-state index in [4.69, 9.17) is 11.5 Å². The quantitative estimate of drug-likeness (QED) is 0.139. The number of hydrogen-bond acceptors (Lipinski definition) is 7. The normalized spacial score (nSPS) is 33.1. The fraction of sp³-hybridized carbons (Fsp3) is 0.750. The zero-order chi connectivity index (χ0) is 26.3. The van der Waals surface area contributed by atoms with Crippen LogP contribution in [-0.2, 0) is 14.4 Å². The van der Waals surface area contributed by atoms with Crippen LogP contribution in [0.1, 0.15) is 39.5 Å². The van der Waals surface area contributed by atoms with E-state index in [1.807, 2.05) is 18.9 Å². The molecule has 36 heavy (non-hydrogen) atoms. The fourth-order valence-corrected chi connectivity index (χ4v) is 7.85. The van der Waals surface area contributed by atoms with Crippen LogP contribution in [0, 0.1) is 17.8 Å². The predicted molar refractivity (Wildman–Crippen MR) is 137 cm³/mol. The summed E-state index contributed by atoms with van der Waals surface area (Å²) in [5, 5.41) is 20.0. The SMILES string of the molecule is C[C@@H](O)C1C(=O)N2C(C(=O)O)=C(S[C@H]3C[C@@H](C(=O)N4CCC(CCCN=C(N)N)C4)N(C)C3)[C@H](C)C12. The van der Waals surface area contributed by atoms with Crippen LogP contribution in [0.2, 0.25) is 0 Å². The molecule has 2 amide bonds. The number of β-lactam (4-membered cyclic amide) rings is 1. The first-order valence-corrected chi connectivity index (χ1v) is 13.6. The maximum absolute atomic E-state index is 13.4. The summed E-state index contributed by atoms with van der Waals surface area (Å²) in [5.74, 6) is -1.50. The first-order chi connectivity index (χ1) is 17.0. The van der Waals surface area contributed by atoms with E-state index in [0.717, 1.165) is 32.4 Å². The van der Waals surface area contributed by atoms with Gasteiger partial charge >= 0.3 is 5.97 Å². The van der Waals surface area contributed by atoms with Crippen LogP contribution >= 0.6 is 11.8 Å². The molecule has 11 nitrogen and oxygen atoms in total. The largest absolute Gasteiger partial charge is 0.477 e. The number of nitrogens with zero attached hydrogens (tertiary/aromatic N) is 4. The maximum Gasteiger partial charge on any atom is 0.353 e. The van der Waals surface area contributed by atoms with E-state index in [2.05, 4.69) is 9.89 Å². The maximum atomic E-state index is 13.4. The van der Waals surface area contributed by atoms with Gasteiger partial charge in [-0.2, -0.15) is 0 Å². The molecule has 12 heteroatoms. The van der Waals surface area contributed by atoms with E-state index in [-0.39, 0.29) is 46.7 Å². The van der Waals surface area contributed by atoms with Crippen molar-refractivity contribution in [3.8, 4) is 0 Å². The number of aliphatic hydroxyl groups is 1. The molecule has 0 aromatic carbocycles. The van der Waals surface area contributed by atoms with E-state index in [1.54, 1.807) is 6.92 Å². The van der Waals surface area contributed by atoms with E-state index < -0.39 is 18.0 Å². The summed E-state index contributed by atoms with van der Waals surface area (Å²) in [7, 11) is 1.94. The van der Waals surface area contributed by atoms with Crippen molar-refractivity contribution in [2.75, 3.05) is 33.2 Å². The molecule has 4 aliphatic rings. The molecule has 0 aliphatic carbocycles. The van der Waals surface area contributed by atoms with Gasteiger partial charge in [-0.3, -0.25) is 19.5 Å². The highest BCUT2D eigenvalue weighted by Gasteiger charge is 2.60. The monoisotopic (exact) mass is 522 g/mol. The molecule has 3 saturated heterocycles. The number of aliphatic imine (C=N–C) groups is 1. The van der Waals surface area contributed by atoms with Crippen molar-refractivity contribution in [3.05, 3.63) is 10.6 Å². The van der Waals surface area contributed by atoms with Crippen molar-refractivity contribution in [2.45, 2.75) is 63.0 Å². The Kier molecular flexibility index (Phi) is 7.86. The molecule has 0 aromatic rings. The van der Waals surface area contributed by atoms with E-state index in [9.17, 15) is 24.6 Å². The molecule has 4 heterocycles. The second-order valence-electron chi connectivity index (χ2n) is 10.6. The van der Waals surface area contributed by atoms with Gasteiger partial charge < -0.3 is 31.5 Å². The van der Waals surface area contributed by atoms with Crippen LogP contribution in [0.15, 0.2) is 15.6 Å². The lowest BCUT2D eigenvalue weighted by atomic mass is 9.79. The molecular weight excluding hydrogens is 484 g/mol. The van der Waals surface area contributed by atoms with Gasteiger partial charge in [0.05, 0.1) is 24.1 Å². The number of carbonyl (C=O) groups excluding carboxylic acids is 2. The Morgan fingerprint density at radius 1 is 1.28 bits per heavy atom. The minimum atomic E-state index is -1.12. The molecule has 200 valence electrons. The number of likely N-dealkylation sites (tertiary alicyclic amines) is 2. The topological polar surface area (TPSA) is 166 Å². The Balaban J connectivity index is 1.36. The first kappa shape index (κ1) is 26.7. The van der Waals surface area contributed by atoms with Crippen LogP contribution in [0.5, 0.6) is 0 Å². The van der Waals surface area contributed by atoms with Crippen molar-refractivity contribution in [3.63, 3.8) is 0 Å². The van der Waals surface area contributed by atoms with Gasteiger partial charge in [0, 0.05) is 42.3 Å². The van der Waals surface area contributed by atoms with Gasteiger partial charge in [0.2, 0.25) is 11.8 Å². The molecule has 6 N–H and O–H groups in total. The Morgan fingerprint density at radius 2 is 2.00 bits per heavy atom. The summed E-state index contributed by atoms with van der Waals surface area (Å²) < 4.78 is 0. The summed E-state index contributed by atoms with van der Waals surface area (Å²) in [6.07, 6.45) is 2.66. The molecule has 0 saturated carbocycles. The van der Waals surface area contributed by atoms with Gasteiger partial charge in [0.15, 0.2) is 5.96 Å². The Hall–Kier alpha value is -2.31. The number of hydrogen-bond donors (Lipinski definition) is 4. The molecule has 7 atom stereocenters. The summed E-state index contributed by atoms with van der Waals surface area (Å²) in [4.78, 5) is 48.1. The number of fused-ring (bicyclic) bond motifs is 1. The minimum absolute atomic E-state index is 0.0416. The smallest absolute Gasteiger partial charge is 0.353 e. The number of guanidine groups is 1. The number of thioether (sulfide) groups is 1. The average molecular weight is 523 g/mol. The zero-order valence-electron chi connectivity index (χ0n) is 21.2. The standard InChI is InChI=1S/C24H38N6O5S/c1-12-18-17(13(2)31)22(33)30(18)19(23(34)35)20(12)36-15-9-16(28(3)11-15)21(32)29-8-6-14(10-29)5-4-7-27-24(25)26/h12-18,31H,4-11H2,1-3H3,(H,34,35)(H4,25,26,27)/t12-,13-,14?,15+,16+,17?,18?/m1/s1. The molecule has 3 unspecified atom stereocenters.